The van der Waals surface area contributed by atoms with Gasteiger partial charge in [0, 0.05) is 12.0 Å². The van der Waals surface area contributed by atoms with Crippen molar-refractivity contribution in [2.75, 3.05) is 25.1 Å². The molecule has 1 heterocycles. The summed E-state index contributed by atoms with van der Waals surface area (Å²) in [5, 5.41) is 12.2. The van der Waals surface area contributed by atoms with E-state index in [1.165, 1.54) is 0 Å². The fraction of sp³-hybridized carbons (Fsp3) is 0.714. The summed E-state index contributed by atoms with van der Waals surface area (Å²) in [5.74, 6) is 2.10. The first-order valence-corrected chi connectivity index (χ1v) is 6.76. The van der Waals surface area contributed by atoms with Crippen LogP contribution < -0.4 is 10.1 Å². The summed E-state index contributed by atoms with van der Waals surface area (Å²) in [4.78, 5) is 9.05. The second kappa shape index (κ2) is 6.70. The van der Waals surface area contributed by atoms with Crippen LogP contribution in [-0.2, 0) is 5.41 Å². The van der Waals surface area contributed by atoms with Crippen LogP contribution in [0.1, 0.15) is 45.5 Å². The van der Waals surface area contributed by atoms with Crippen molar-refractivity contribution >= 4 is 5.82 Å². The molecule has 1 aromatic rings. The van der Waals surface area contributed by atoms with Gasteiger partial charge in [-0.25, -0.2) is 4.98 Å². The minimum absolute atomic E-state index is 0.0218. The lowest BCUT2D eigenvalue weighted by molar-refractivity contribution is 0.195. The Kier molecular flexibility index (Phi) is 5.54. The third-order valence-electron chi connectivity index (χ3n) is 2.64. The summed E-state index contributed by atoms with van der Waals surface area (Å²) < 4.78 is 5.50. The summed E-state index contributed by atoms with van der Waals surface area (Å²) in [7, 11) is 0. The average Bonchev–Trinajstić information content (AvgIpc) is 2.34. The number of aromatic nitrogens is 2. The number of aliphatic hydroxyl groups is 1. The zero-order valence-electron chi connectivity index (χ0n) is 12.6. The van der Waals surface area contributed by atoms with Crippen molar-refractivity contribution in [2.45, 2.75) is 46.5 Å². The highest BCUT2D eigenvalue weighted by molar-refractivity contribution is 5.49. The van der Waals surface area contributed by atoms with Gasteiger partial charge in [0.25, 0.3) is 0 Å². The van der Waals surface area contributed by atoms with E-state index in [0.717, 1.165) is 30.2 Å². The molecule has 1 rings (SSSR count). The van der Waals surface area contributed by atoms with Crippen LogP contribution in [0.25, 0.3) is 0 Å². The number of hydrogen-bond donors (Lipinski definition) is 2. The Morgan fingerprint density at radius 1 is 1.26 bits per heavy atom. The van der Waals surface area contributed by atoms with Crippen LogP contribution in [0.3, 0.4) is 0 Å². The Labute approximate surface area is 115 Å². The molecule has 0 amide bonds. The van der Waals surface area contributed by atoms with Crippen molar-refractivity contribution in [3.8, 4) is 5.88 Å². The van der Waals surface area contributed by atoms with Gasteiger partial charge in [0.05, 0.1) is 12.2 Å². The molecule has 0 aliphatic heterocycles. The first-order valence-electron chi connectivity index (χ1n) is 6.76. The molecule has 0 atom stereocenters. The van der Waals surface area contributed by atoms with Gasteiger partial charge in [-0.3, -0.25) is 0 Å². The van der Waals surface area contributed by atoms with Crippen LogP contribution in [0.15, 0.2) is 0 Å². The molecule has 5 heteroatoms. The lowest BCUT2D eigenvalue weighted by atomic mass is 9.95. The quantitative estimate of drug-likeness (QED) is 0.827. The van der Waals surface area contributed by atoms with Gasteiger partial charge >= 0.3 is 0 Å². The molecular formula is C14H25N3O2. The van der Waals surface area contributed by atoms with Gasteiger partial charge in [0.15, 0.2) is 0 Å². The number of hydrogen-bond acceptors (Lipinski definition) is 5. The van der Waals surface area contributed by atoms with Gasteiger partial charge < -0.3 is 15.2 Å². The Morgan fingerprint density at radius 2 is 1.95 bits per heavy atom. The zero-order chi connectivity index (χ0) is 14.5. The Hall–Kier alpha value is -1.36. The van der Waals surface area contributed by atoms with E-state index in [1.807, 2.05) is 6.92 Å². The highest BCUT2D eigenvalue weighted by Gasteiger charge is 2.21. The lowest BCUT2D eigenvalue weighted by Crippen LogP contribution is -2.19. The second-order valence-electron chi connectivity index (χ2n) is 5.57. The van der Waals surface area contributed by atoms with Crippen LogP contribution in [0.4, 0.5) is 5.82 Å². The highest BCUT2D eigenvalue weighted by Crippen LogP contribution is 2.27. The number of nitrogens with one attached hydrogen (secondary N) is 1. The Balaban J connectivity index is 3.14. The van der Waals surface area contributed by atoms with E-state index in [-0.39, 0.29) is 18.6 Å². The first kappa shape index (κ1) is 15.7. The summed E-state index contributed by atoms with van der Waals surface area (Å²) >= 11 is 0. The molecule has 0 radical (unpaired) electrons. The molecule has 0 saturated carbocycles. The number of anilines is 1. The standard InChI is InChI=1S/C14H25N3O2/c1-6-7-15-11-10(2)12(19-9-8-18)17-13(16-11)14(3,4)5/h18H,6-9H2,1-5H3,(H,15,16,17). The SMILES string of the molecule is CCCNc1nc(C(C)(C)C)nc(OCCO)c1C. The molecule has 2 N–H and O–H groups in total. The van der Waals surface area contributed by atoms with Crippen LogP contribution in [-0.4, -0.2) is 34.8 Å². The van der Waals surface area contributed by atoms with Crippen LogP contribution in [0, 0.1) is 6.92 Å². The third kappa shape index (κ3) is 4.35. The maximum Gasteiger partial charge on any atom is 0.221 e. The van der Waals surface area contributed by atoms with Gasteiger partial charge in [-0.05, 0) is 13.3 Å². The van der Waals surface area contributed by atoms with Crippen molar-refractivity contribution in [1.29, 1.82) is 0 Å². The number of ether oxygens (including phenoxy) is 1. The van der Waals surface area contributed by atoms with E-state index in [4.69, 9.17) is 9.84 Å². The van der Waals surface area contributed by atoms with E-state index in [2.05, 4.69) is 43.0 Å². The summed E-state index contributed by atoms with van der Waals surface area (Å²) in [6, 6.07) is 0. The summed E-state index contributed by atoms with van der Waals surface area (Å²) in [6.45, 7) is 11.3. The minimum atomic E-state index is -0.145. The van der Waals surface area contributed by atoms with Gasteiger partial charge in [-0.2, -0.15) is 4.98 Å². The smallest absolute Gasteiger partial charge is 0.221 e. The van der Waals surface area contributed by atoms with Crippen LogP contribution in [0.5, 0.6) is 5.88 Å². The van der Waals surface area contributed by atoms with E-state index < -0.39 is 0 Å². The Morgan fingerprint density at radius 3 is 2.47 bits per heavy atom. The van der Waals surface area contributed by atoms with E-state index in [0.29, 0.717) is 5.88 Å². The summed E-state index contributed by atoms with van der Waals surface area (Å²) in [5.41, 5.74) is 0.739. The van der Waals surface area contributed by atoms with E-state index in [1.54, 1.807) is 0 Å². The molecule has 1 aromatic heterocycles. The molecule has 0 aliphatic carbocycles. The molecule has 5 nitrogen and oxygen atoms in total. The Bertz CT molecular complexity index is 385. The lowest BCUT2D eigenvalue weighted by Gasteiger charge is -2.20. The predicted octanol–water partition coefficient (Wildman–Crippen LogP) is 2.28. The average molecular weight is 267 g/mol. The van der Waals surface area contributed by atoms with Gasteiger partial charge in [0.2, 0.25) is 5.88 Å². The largest absolute Gasteiger partial charge is 0.475 e. The fourth-order valence-electron chi connectivity index (χ4n) is 1.53. The number of aliphatic hydroxyl groups excluding tert-OH is 1. The maximum absolute atomic E-state index is 8.87. The normalized spacial score (nSPS) is 11.5. The van der Waals surface area contributed by atoms with Gasteiger partial charge in [0.1, 0.15) is 18.2 Å². The highest BCUT2D eigenvalue weighted by atomic mass is 16.5. The minimum Gasteiger partial charge on any atom is -0.475 e. The monoisotopic (exact) mass is 267 g/mol. The summed E-state index contributed by atoms with van der Waals surface area (Å²) in [6.07, 6.45) is 1.03. The van der Waals surface area contributed by atoms with Crippen LogP contribution >= 0.6 is 0 Å². The molecular weight excluding hydrogens is 242 g/mol. The first-order chi connectivity index (χ1) is 8.90. The molecule has 0 aliphatic rings. The van der Waals surface area contributed by atoms with Gasteiger partial charge in [-0.1, -0.05) is 27.7 Å². The van der Waals surface area contributed by atoms with Gasteiger partial charge in [-0.15, -0.1) is 0 Å². The van der Waals surface area contributed by atoms with Crippen LogP contribution in [0.2, 0.25) is 0 Å². The van der Waals surface area contributed by atoms with Crippen molar-refractivity contribution in [1.82, 2.24) is 9.97 Å². The molecule has 0 aromatic carbocycles. The molecule has 0 fully saturated rings. The molecule has 108 valence electrons. The van der Waals surface area contributed by atoms with E-state index >= 15 is 0 Å². The van der Waals surface area contributed by atoms with Crippen molar-refractivity contribution in [2.24, 2.45) is 0 Å². The topological polar surface area (TPSA) is 67.3 Å². The molecule has 0 spiro atoms. The zero-order valence-corrected chi connectivity index (χ0v) is 12.6. The number of nitrogens with zero attached hydrogens (tertiary/aromatic N) is 2. The molecule has 0 bridgehead atoms. The predicted molar refractivity (Wildman–Crippen MR) is 76.8 cm³/mol. The maximum atomic E-state index is 8.87. The molecule has 0 unspecified atom stereocenters. The second-order valence-corrected chi connectivity index (χ2v) is 5.57. The number of rotatable bonds is 6. The molecule has 19 heavy (non-hydrogen) atoms. The third-order valence-corrected chi connectivity index (χ3v) is 2.64. The molecule has 0 saturated heterocycles. The van der Waals surface area contributed by atoms with Crippen molar-refractivity contribution in [3.05, 3.63) is 11.4 Å². The fourth-order valence-corrected chi connectivity index (χ4v) is 1.53. The van der Waals surface area contributed by atoms with Crippen molar-refractivity contribution < 1.29 is 9.84 Å². The van der Waals surface area contributed by atoms with E-state index in [9.17, 15) is 0 Å². The van der Waals surface area contributed by atoms with Crippen molar-refractivity contribution in [3.63, 3.8) is 0 Å².